The molecule has 0 aliphatic carbocycles. The highest BCUT2D eigenvalue weighted by Gasteiger charge is 2.42. The number of hydrogen-bond donors (Lipinski definition) is 1. The van der Waals surface area contributed by atoms with Gasteiger partial charge in [0, 0.05) is 12.3 Å². The summed E-state index contributed by atoms with van der Waals surface area (Å²) >= 11 is 0. The molecule has 1 aliphatic rings. The lowest BCUT2D eigenvalue weighted by atomic mass is 9.80. The number of allylic oxidation sites excluding steroid dienone is 1. The fraction of sp³-hybridized carbons (Fsp3) is 0.281. The molecule has 35 heavy (non-hydrogen) atoms. The molecule has 0 fully saturated rings. The van der Waals surface area contributed by atoms with Gasteiger partial charge in [-0.2, -0.15) is 0 Å². The monoisotopic (exact) mass is 466 g/mol. The van der Waals surface area contributed by atoms with Crippen molar-refractivity contribution in [2.75, 3.05) is 0 Å². The van der Waals surface area contributed by atoms with Gasteiger partial charge in [0.05, 0.1) is 5.57 Å². The second-order valence-corrected chi connectivity index (χ2v) is 9.36. The minimum atomic E-state index is -0.654. The Hall–Kier alpha value is -3.59. The molecule has 3 aromatic rings. The van der Waals surface area contributed by atoms with Gasteiger partial charge in [-0.1, -0.05) is 116 Å². The summed E-state index contributed by atoms with van der Waals surface area (Å²) in [6.07, 6.45) is 8.52. The van der Waals surface area contributed by atoms with Crippen molar-refractivity contribution in [1.82, 2.24) is 0 Å². The maximum Gasteiger partial charge on any atom is 0.338 e. The van der Waals surface area contributed by atoms with Crippen LogP contribution < -0.4 is 0 Å². The molecule has 0 radical (unpaired) electrons. The summed E-state index contributed by atoms with van der Waals surface area (Å²) in [5, 5.41) is 11.3. The van der Waals surface area contributed by atoms with Crippen molar-refractivity contribution in [3.8, 4) is 0 Å². The second kappa shape index (κ2) is 11.7. The first-order valence-electron chi connectivity index (χ1n) is 12.6. The molecule has 0 saturated carbocycles. The Morgan fingerprint density at radius 2 is 1.54 bits per heavy atom. The Balaban J connectivity index is 1.60. The van der Waals surface area contributed by atoms with Crippen LogP contribution in [-0.4, -0.2) is 16.7 Å². The minimum Gasteiger partial charge on any atom is -0.512 e. The molecule has 2 unspecified atom stereocenters. The number of ether oxygens (including phenoxy) is 1. The Morgan fingerprint density at radius 3 is 2.17 bits per heavy atom. The van der Waals surface area contributed by atoms with Crippen molar-refractivity contribution < 1.29 is 14.6 Å². The maximum absolute atomic E-state index is 13.5. The van der Waals surface area contributed by atoms with Gasteiger partial charge >= 0.3 is 5.97 Å². The van der Waals surface area contributed by atoms with E-state index >= 15 is 0 Å². The first kappa shape index (κ1) is 24.5. The number of aliphatic hydroxyl groups is 1. The Bertz CT molecular complexity index is 1150. The number of aryl methyl sites for hydroxylation is 1. The molecule has 4 rings (SSSR count). The zero-order chi connectivity index (χ0) is 24.5. The predicted molar refractivity (Wildman–Crippen MR) is 142 cm³/mol. The average Bonchev–Trinajstić information content (AvgIpc) is 2.87. The molecule has 0 saturated heterocycles. The van der Waals surface area contributed by atoms with Gasteiger partial charge in [-0.15, -0.1) is 0 Å². The van der Waals surface area contributed by atoms with Crippen molar-refractivity contribution in [3.63, 3.8) is 0 Å². The molecule has 0 bridgehead atoms. The first-order valence-corrected chi connectivity index (χ1v) is 12.6. The molecule has 180 valence electrons. The molecule has 0 aromatic heterocycles. The summed E-state index contributed by atoms with van der Waals surface area (Å²) in [6.45, 7) is 2.10. The van der Waals surface area contributed by atoms with Gasteiger partial charge in [0.2, 0.25) is 0 Å². The fourth-order valence-electron chi connectivity index (χ4n) is 5.04. The number of rotatable bonds is 10. The van der Waals surface area contributed by atoms with E-state index < -0.39 is 11.6 Å². The summed E-state index contributed by atoms with van der Waals surface area (Å²) in [6, 6.07) is 30.2. The largest absolute Gasteiger partial charge is 0.512 e. The average molecular weight is 467 g/mol. The molecule has 3 heteroatoms. The smallest absolute Gasteiger partial charge is 0.338 e. The summed E-state index contributed by atoms with van der Waals surface area (Å²) in [4.78, 5) is 13.5. The zero-order valence-electron chi connectivity index (χ0n) is 20.4. The molecule has 3 nitrogen and oxygen atoms in total. The highest BCUT2D eigenvalue weighted by molar-refractivity contribution is 5.93. The van der Waals surface area contributed by atoms with E-state index in [-0.39, 0.29) is 11.7 Å². The second-order valence-electron chi connectivity index (χ2n) is 9.36. The summed E-state index contributed by atoms with van der Waals surface area (Å²) in [5.41, 5.74) is 2.96. The summed E-state index contributed by atoms with van der Waals surface area (Å²) in [5.74, 6) is -0.637. The van der Waals surface area contributed by atoms with Crippen LogP contribution >= 0.6 is 0 Å². The summed E-state index contributed by atoms with van der Waals surface area (Å²) < 4.78 is 6.20. The Labute approximate surface area is 208 Å². The van der Waals surface area contributed by atoms with Gasteiger partial charge in [-0.25, -0.2) is 4.79 Å². The lowest BCUT2D eigenvalue weighted by Crippen LogP contribution is -2.41. The maximum atomic E-state index is 13.5. The number of benzene rings is 3. The number of cyclic esters (lactones) is 1. The molecular formula is C32H34O3. The van der Waals surface area contributed by atoms with Crippen LogP contribution in [0, 0.1) is 0 Å². The van der Waals surface area contributed by atoms with E-state index in [0.29, 0.717) is 12.0 Å². The topological polar surface area (TPSA) is 46.5 Å². The van der Waals surface area contributed by atoms with Crippen molar-refractivity contribution in [2.24, 2.45) is 0 Å². The van der Waals surface area contributed by atoms with Gasteiger partial charge in [0.1, 0.15) is 11.4 Å². The van der Waals surface area contributed by atoms with Crippen molar-refractivity contribution in [3.05, 3.63) is 125 Å². The van der Waals surface area contributed by atoms with Gasteiger partial charge in [-0.05, 0) is 42.4 Å². The highest BCUT2D eigenvalue weighted by atomic mass is 16.6. The van der Waals surface area contributed by atoms with E-state index in [9.17, 15) is 9.90 Å². The van der Waals surface area contributed by atoms with E-state index in [1.807, 2.05) is 91.0 Å². The van der Waals surface area contributed by atoms with Crippen LogP contribution in [-0.2, 0) is 16.0 Å². The quantitative estimate of drug-likeness (QED) is 0.310. The standard InChI is InChI=1S/C32H34O3/c1-2-22-32(23-12-17-25-13-6-3-7-14-25)24-29(33)30(31(34)35-32)28(27-18-10-5-11-19-27)21-20-26-15-8-4-9-16-26/h3-11,13-16,18-21,28,33H,2,12,17,22-24H2,1H3. The number of aliphatic hydroxyl groups excluding tert-OH is 1. The lowest BCUT2D eigenvalue weighted by molar-refractivity contribution is -0.161. The van der Waals surface area contributed by atoms with Crippen molar-refractivity contribution >= 4 is 12.0 Å². The number of carbonyl (C=O) groups excluding carboxylic acids is 1. The molecule has 0 spiro atoms. The third-order valence-corrected chi connectivity index (χ3v) is 6.73. The van der Waals surface area contributed by atoms with E-state index in [1.54, 1.807) is 0 Å². The van der Waals surface area contributed by atoms with E-state index in [1.165, 1.54) is 5.56 Å². The van der Waals surface area contributed by atoms with Crippen LogP contribution in [0.3, 0.4) is 0 Å². The van der Waals surface area contributed by atoms with Crippen LogP contribution in [0.1, 0.15) is 61.6 Å². The predicted octanol–water partition coefficient (Wildman–Crippen LogP) is 7.80. The fourth-order valence-corrected chi connectivity index (χ4v) is 5.04. The molecule has 2 atom stereocenters. The normalized spacial score (nSPS) is 19.1. The van der Waals surface area contributed by atoms with Crippen LogP contribution in [0.15, 0.2) is 108 Å². The number of carbonyl (C=O) groups is 1. The lowest BCUT2D eigenvalue weighted by Gasteiger charge is -2.38. The molecule has 1 aliphatic heterocycles. The number of esters is 1. The van der Waals surface area contributed by atoms with Gasteiger partial charge in [0.15, 0.2) is 0 Å². The molecule has 0 amide bonds. The SMILES string of the molecule is CCCC1(CCCc2ccccc2)CC(O)=C(C(C=Cc2ccccc2)c2ccccc2)C(=O)O1. The number of hydrogen-bond acceptors (Lipinski definition) is 3. The van der Waals surface area contributed by atoms with Crippen LogP contribution in [0.2, 0.25) is 0 Å². The van der Waals surface area contributed by atoms with Crippen LogP contribution in [0.4, 0.5) is 0 Å². The Kier molecular flexibility index (Phi) is 8.20. The van der Waals surface area contributed by atoms with Crippen molar-refractivity contribution in [1.29, 1.82) is 0 Å². The van der Waals surface area contributed by atoms with E-state index in [2.05, 4.69) is 19.1 Å². The van der Waals surface area contributed by atoms with Crippen LogP contribution in [0.25, 0.3) is 6.08 Å². The Morgan fingerprint density at radius 1 is 0.914 bits per heavy atom. The first-order chi connectivity index (χ1) is 17.1. The minimum absolute atomic E-state index is 0.154. The molecule has 1 heterocycles. The van der Waals surface area contributed by atoms with Gasteiger partial charge in [-0.3, -0.25) is 0 Å². The third-order valence-electron chi connectivity index (χ3n) is 6.73. The third kappa shape index (κ3) is 6.30. The van der Waals surface area contributed by atoms with E-state index in [4.69, 9.17) is 4.74 Å². The molecule has 1 N–H and O–H groups in total. The summed E-state index contributed by atoms with van der Waals surface area (Å²) in [7, 11) is 0. The highest BCUT2D eigenvalue weighted by Crippen LogP contribution is 2.41. The van der Waals surface area contributed by atoms with Crippen LogP contribution in [0.5, 0.6) is 0 Å². The van der Waals surface area contributed by atoms with Gasteiger partial charge in [0.25, 0.3) is 0 Å². The van der Waals surface area contributed by atoms with Crippen molar-refractivity contribution in [2.45, 2.75) is 57.0 Å². The molecule has 3 aromatic carbocycles. The van der Waals surface area contributed by atoms with Gasteiger partial charge < -0.3 is 9.84 Å². The zero-order valence-corrected chi connectivity index (χ0v) is 20.4. The van der Waals surface area contributed by atoms with E-state index in [0.717, 1.165) is 43.2 Å². The molecular weight excluding hydrogens is 432 g/mol.